The second-order valence-electron chi connectivity index (χ2n) is 3.45. The third kappa shape index (κ3) is 2.18. The molecule has 1 rings (SSSR count). The van der Waals surface area contributed by atoms with Crippen LogP contribution in [0.3, 0.4) is 0 Å². The Balaban J connectivity index is 3.11. The van der Waals surface area contributed by atoms with Gasteiger partial charge in [0, 0.05) is 5.56 Å². The average molecular weight is 176 g/mol. The van der Waals surface area contributed by atoms with Gasteiger partial charge in [0.15, 0.2) is 5.78 Å². The van der Waals surface area contributed by atoms with Crippen molar-refractivity contribution < 1.29 is 4.79 Å². The molecule has 0 bridgehead atoms. The van der Waals surface area contributed by atoms with Gasteiger partial charge in [0.2, 0.25) is 0 Å². The van der Waals surface area contributed by atoms with Gasteiger partial charge in [-0.05, 0) is 24.8 Å². The second kappa shape index (κ2) is 4.22. The highest BCUT2D eigenvalue weighted by atomic mass is 16.1. The maximum atomic E-state index is 11.3. The van der Waals surface area contributed by atoms with Crippen molar-refractivity contribution >= 4 is 5.78 Å². The lowest BCUT2D eigenvalue weighted by Gasteiger charge is -2.12. The third-order valence-electron chi connectivity index (χ3n) is 2.48. The van der Waals surface area contributed by atoms with Crippen LogP contribution in [0.4, 0.5) is 0 Å². The highest BCUT2D eigenvalue weighted by Gasteiger charge is 2.10. The van der Waals surface area contributed by atoms with Crippen LogP contribution in [0.15, 0.2) is 24.3 Å². The van der Waals surface area contributed by atoms with Crippen LogP contribution in [0.25, 0.3) is 0 Å². The Hall–Kier alpha value is -1.11. The van der Waals surface area contributed by atoms with Crippen molar-refractivity contribution in [3.05, 3.63) is 35.4 Å². The van der Waals surface area contributed by atoms with E-state index in [1.54, 1.807) is 6.92 Å². The van der Waals surface area contributed by atoms with Crippen molar-refractivity contribution in [2.24, 2.45) is 0 Å². The molecule has 0 spiro atoms. The first-order valence-corrected chi connectivity index (χ1v) is 4.76. The van der Waals surface area contributed by atoms with Crippen molar-refractivity contribution in [1.29, 1.82) is 0 Å². The van der Waals surface area contributed by atoms with Crippen LogP contribution in [-0.4, -0.2) is 5.78 Å². The zero-order chi connectivity index (χ0) is 9.84. The van der Waals surface area contributed by atoms with Gasteiger partial charge in [0.25, 0.3) is 0 Å². The second-order valence-corrected chi connectivity index (χ2v) is 3.45. The molecule has 0 aromatic heterocycles. The summed E-state index contributed by atoms with van der Waals surface area (Å²) in [6, 6.07) is 7.87. The lowest BCUT2D eigenvalue weighted by molar-refractivity contribution is 0.101. The van der Waals surface area contributed by atoms with Gasteiger partial charge in [-0.3, -0.25) is 4.79 Å². The van der Waals surface area contributed by atoms with E-state index in [1.165, 1.54) is 5.56 Å². The van der Waals surface area contributed by atoms with Gasteiger partial charge < -0.3 is 0 Å². The fourth-order valence-corrected chi connectivity index (χ4v) is 1.47. The maximum Gasteiger partial charge on any atom is 0.160 e. The van der Waals surface area contributed by atoms with E-state index in [9.17, 15) is 4.79 Å². The standard InChI is InChI=1S/C12H16O/c1-4-9(2)11-7-5-6-8-12(11)10(3)13/h5-9H,4H2,1-3H3. The molecule has 0 N–H and O–H groups in total. The number of hydrogen-bond donors (Lipinski definition) is 0. The highest BCUT2D eigenvalue weighted by Crippen LogP contribution is 2.22. The third-order valence-corrected chi connectivity index (χ3v) is 2.48. The maximum absolute atomic E-state index is 11.3. The molecule has 0 saturated heterocycles. The molecule has 0 saturated carbocycles. The van der Waals surface area contributed by atoms with E-state index >= 15 is 0 Å². The minimum atomic E-state index is 0.163. The molecule has 1 aromatic rings. The Morgan fingerprint density at radius 2 is 2.00 bits per heavy atom. The van der Waals surface area contributed by atoms with Crippen LogP contribution in [0, 0.1) is 0 Å². The summed E-state index contributed by atoms with van der Waals surface area (Å²) in [6.07, 6.45) is 1.07. The smallest absolute Gasteiger partial charge is 0.160 e. The summed E-state index contributed by atoms with van der Waals surface area (Å²) in [6.45, 7) is 5.92. The minimum absolute atomic E-state index is 0.163. The number of hydrogen-bond acceptors (Lipinski definition) is 1. The van der Waals surface area contributed by atoms with E-state index in [4.69, 9.17) is 0 Å². The molecular weight excluding hydrogens is 160 g/mol. The Bertz CT molecular complexity index is 302. The van der Waals surface area contributed by atoms with Crippen molar-refractivity contribution in [1.82, 2.24) is 0 Å². The molecule has 1 atom stereocenters. The Kier molecular flexibility index (Phi) is 3.24. The number of ketones is 1. The van der Waals surface area contributed by atoms with E-state index in [0.717, 1.165) is 12.0 Å². The number of rotatable bonds is 3. The summed E-state index contributed by atoms with van der Waals surface area (Å²) in [5.41, 5.74) is 2.05. The lowest BCUT2D eigenvalue weighted by atomic mass is 9.92. The molecule has 0 heterocycles. The molecule has 1 unspecified atom stereocenters. The summed E-state index contributed by atoms with van der Waals surface area (Å²) >= 11 is 0. The van der Waals surface area contributed by atoms with Crippen LogP contribution >= 0.6 is 0 Å². The summed E-state index contributed by atoms with van der Waals surface area (Å²) < 4.78 is 0. The van der Waals surface area contributed by atoms with Gasteiger partial charge >= 0.3 is 0 Å². The van der Waals surface area contributed by atoms with Crippen LogP contribution in [0.2, 0.25) is 0 Å². The monoisotopic (exact) mass is 176 g/mol. The van der Waals surface area contributed by atoms with Crippen molar-refractivity contribution in [3.63, 3.8) is 0 Å². The SMILES string of the molecule is CCC(C)c1ccccc1C(C)=O. The number of Topliss-reactive ketones (excluding diaryl/α,β-unsaturated/α-hetero) is 1. The van der Waals surface area contributed by atoms with Crippen LogP contribution < -0.4 is 0 Å². The molecule has 70 valence electrons. The summed E-state index contributed by atoms with van der Waals surface area (Å²) in [7, 11) is 0. The van der Waals surface area contributed by atoms with Gasteiger partial charge in [0.1, 0.15) is 0 Å². The van der Waals surface area contributed by atoms with Crippen molar-refractivity contribution in [3.8, 4) is 0 Å². The molecule has 0 fully saturated rings. The highest BCUT2D eigenvalue weighted by molar-refractivity contribution is 5.95. The summed E-state index contributed by atoms with van der Waals surface area (Å²) in [5.74, 6) is 0.635. The number of benzene rings is 1. The first kappa shape index (κ1) is 9.97. The molecule has 0 amide bonds. The van der Waals surface area contributed by atoms with E-state index in [-0.39, 0.29) is 5.78 Å². The predicted octanol–water partition coefficient (Wildman–Crippen LogP) is 3.40. The van der Waals surface area contributed by atoms with Gasteiger partial charge in [0.05, 0.1) is 0 Å². The lowest BCUT2D eigenvalue weighted by Crippen LogP contribution is -2.02. The summed E-state index contributed by atoms with van der Waals surface area (Å²) in [5, 5.41) is 0. The van der Waals surface area contributed by atoms with E-state index < -0.39 is 0 Å². The van der Waals surface area contributed by atoms with E-state index in [2.05, 4.69) is 13.8 Å². The zero-order valence-corrected chi connectivity index (χ0v) is 8.50. The minimum Gasteiger partial charge on any atom is -0.295 e. The quantitative estimate of drug-likeness (QED) is 0.645. The van der Waals surface area contributed by atoms with E-state index in [0.29, 0.717) is 5.92 Å². The normalized spacial score (nSPS) is 12.5. The van der Waals surface area contributed by atoms with Crippen LogP contribution in [-0.2, 0) is 0 Å². The average Bonchev–Trinajstić information content (AvgIpc) is 2.16. The van der Waals surface area contributed by atoms with Gasteiger partial charge in [-0.25, -0.2) is 0 Å². The molecular formula is C12H16O. The van der Waals surface area contributed by atoms with Crippen molar-refractivity contribution in [2.75, 3.05) is 0 Å². The first-order valence-electron chi connectivity index (χ1n) is 4.76. The largest absolute Gasteiger partial charge is 0.295 e. The fraction of sp³-hybridized carbons (Fsp3) is 0.417. The van der Waals surface area contributed by atoms with Crippen LogP contribution in [0.5, 0.6) is 0 Å². The topological polar surface area (TPSA) is 17.1 Å². The molecule has 0 aliphatic rings. The molecule has 1 nitrogen and oxygen atoms in total. The molecule has 0 aliphatic carbocycles. The molecule has 13 heavy (non-hydrogen) atoms. The van der Waals surface area contributed by atoms with Crippen molar-refractivity contribution in [2.45, 2.75) is 33.1 Å². The molecule has 0 aliphatic heterocycles. The Labute approximate surface area is 79.8 Å². The molecule has 1 heteroatoms. The van der Waals surface area contributed by atoms with Gasteiger partial charge in [-0.1, -0.05) is 38.1 Å². The van der Waals surface area contributed by atoms with Crippen LogP contribution in [0.1, 0.15) is 49.0 Å². The zero-order valence-electron chi connectivity index (χ0n) is 8.50. The predicted molar refractivity (Wildman–Crippen MR) is 55.2 cm³/mol. The van der Waals surface area contributed by atoms with Gasteiger partial charge in [-0.2, -0.15) is 0 Å². The Morgan fingerprint density at radius 1 is 1.38 bits per heavy atom. The number of carbonyl (C=O) groups excluding carboxylic acids is 1. The summed E-state index contributed by atoms with van der Waals surface area (Å²) in [4.78, 5) is 11.3. The molecule has 0 radical (unpaired) electrons. The number of carbonyl (C=O) groups is 1. The Morgan fingerprint density at radius 3 is 2.54 bits per heavy atom. The van der Waals surface area contributed by atoms with Gasteiger partial charge in [-0.15, -0.1) is 0 Å². The fourth-order valence-electron chi connectivity index (χ4n) is 1.47. The first-order chi connectivity index (χ1) is 6.16. The molecule has 1 aromatic carbocycles. The van der Waals surface area contributed by atoms with E-state index in [1.807, 2.05) is 24.3 Å².